The number of hydrogen-bond donors (Lipinski definition) is 3. The van der Waals surface area contributed by atoms with Crippen LogP contribution in [0.3, 0.4) is 0 Å². The minimum Gasteiger partial charge on any atom is -0.379 e. The first-order valence-corrected chi connectivity index (χ1v) is 8.19. The first-order valence-electron chi connectivity index (χ1n) is 8.19. The van der Waals surface area contributed by atoms with Gasteiger partial charge in [0.05, 0.1) is 4.92 Å². The van der Waals surface area contributed by atoms with E-state index in [1.165, 1.54) is 17.2 Å². The number of anilines is 1. The Kier molecular flexibility index (Phi) is 6.94. The molecule has 0 aromatic heterocycles. The quantitative estimate of drug-likeness (QED) is 0.510. The van der Waals surface area contributed by atoms with Crippen molar-refractivity contribution in [1.82, 2.24) is 10.6 Å². The van der Waals surface area contributed by atoms with Crippen LogP contribution in [-0.2, 0) is 24.4 Å². The Morgan fingerprint density at radius 1 is 1.15 bits per heavy atom. The third-order valence-electron chi connectivity index (χ3n) is 4.16. The number of benzene rings is 2. The van der Waals surface area contributed by atoms with Gasteiger partial charge in [0.2, 0.25) is 5.91 Å². The second-order valence-corrected chi connectivity index (χ2v) is 5.93. The lowest BCUT2D eigenvalue weighted by molar-refractivity contribution is -0.384. The van der Waals surface area contributed by atoms with Crippen LogP contribution in [0.15, 0.2) is 42.5 Å². The summed E-state index contributed by atoms with van der Waals surface area (Å²) in [6.07, 6.45) is 0.249. The van der Waals surface area contributed by atoms with Crippen LogP contribution in [0.5, 0.6) is 0 Å². The van der Waals surface area contributed by atoms with Gasteiger partial charge >= 0.3 is 0 Å². The van der Waals surface area contributed by atoms with Gasteiger partial charge in [0.1, 0.15) is 5.69 Å². The Bertz CT molecular complexity index is 798. The van der Waals surface area contributed by atoms with Gasteiger partial charge in [0.15, 0.2) is 0 Å². The molecule has 0 atom stereocenters. The fourth-order valence-corrected chi connectivity index (χ4v) is 2.84. The van der Waals surface area contributed by atoms with E-state index in [0.29, 0.717) is 18.8 Å². The Labute approximate surface area is 157 Å². The minimum atomic E-state index is -0.439. The summed E-state index contributed by atoms with van der Waals surface area (Å²) in [6, 6.07) is 12.6. The maximum Gasteiger partial charge on any atom is 0.292 e. The molecule has 0 aliphatic carbocycles. The standard InChI is InChI=1S/C18H20N4O3.ClH/c23-18(7-8-20-16-3-1-2-4-17(16)22(24)25)21-10-13-5-6-14-11-19-12-15(14)9-13;/h1-6,9,19-20H,7-8,10-12H2,(H,21,23);1H. The van der Waals surface area contributed by atoms with Crippen LogP contribution in [0.2, 0.25) is 0 Å². The molecular weight excluding hydrogens is 356 g/mol. The lowest BCUT2D eigenvalue weighted by Gasteiger charge is -2.09. The van der Waals surface area contributed by atoms with Crippen LogP contribution in [0, 0.1) is 10.1 Å². The highest BCUT2D eigenvalue weighted by molar-refractivity contribution is 5.85. The van der Waals surface area contributed by atoms with Crippen molar-refractivity contribution in [2.75, 3.05) is 11.9 Å². The molecule has 26 heavy (non-hydrogen) atoms. The summed E-state index contributed by atoms with van der Waals surface area (Å²) in [5, 5.41) is 20.1. The predicted octanol–water partition coefficient (Wildman–Crippen LogP) is 2.74. The number of halogens is 1. The zero-order chi connectivity index (χ0) is 17.6. The van der Waals surface area contributed by atoms with Crippen LogP contribution in [0.1, 0.15) is 23.1 Å². The first kappa shape index (κ1) is 19.7. The number of nitro benzene ring substituents is 1. The van der Waals surface area contributed by atoms with E-state index in [4.69, 9.17) is 0 Å². The normalized spacial score (nSPS) is 12.0. The van der Waals surface area contributed by atoms with Crippen LogP contribution in [0.25, 0.3) is 0 Å². The molecule has 8 heteroatoms. The molecular formula is C18H21ClN4O3. The molecule has 2 aromatic carbocycles. The fraction of sp³-hybridized carbons (Fsp3) is 0.278. The lowest BCUT2D eigenvalue weighted by atomic mass is 10.1. The summed E-state index contributed by atoms with van der Waals surface area (Å²) >= 11 is 0. The lowest BCUT2D eigenvalue weighted by Crippen LogP contribution is -2.25. The van der Waals surface area contributed by atoms with Gasteiger partial charge in [-0.05, 0) is 22.8 Å². The van der Waals surface area contributed by atoms with Crippen LogP contribution in [-0.4, -0.2) is 17.4 Å². The molecule has 138 valence electrons. The molecule has 2 aromatic rings. The highest BCUT2D eigenvalue weighted by Gasteiger charge is 2.12. The molecule has 3 rings (SSSR count). The van der Waals surface area contributed by atoms with E-state index in [2.05, 4.69) is 28.1 Å². The summed E-state index contributed by atoms with van der Waals surface area (Å²) in [5.74, 6) is -0.0929. The SMILES string of the molecule is Cl.O=C(CCNc1ccccc1[N+](=O)[O-])NCc1ccc2c(c1)CNC2. The number of para-hydroxylation sites is 2. The van der Waals surface area contributed by atoms with E-state index in [9.17, 15) is 14.9 Å². The summed E-state index contributed by atoms with van der Waals surface area (Å²) in [6.45, 7) is 2.60. The summed E-state index contributed by atoms with van der Waals surface area (Å²) in [7, 11) is 0. The number of nitrogens with one attached hydrogen (secondary N) is 3. The van der Waals surface area contributed by atoms with Crippen molar-refractivity contribution in [3.05, 3.63) is 69.3 Å². The predicted molar refractivity (Wildman–Crippen MR) is 102 cm³/mol. The van der Waals surface area contributed by atoms with Crippen molar-refractivity contribution in [3.8, 4) is 0 Å². The average molecular weight is 377 g/mol. The summed E-state index contributed by atoms with van der Waals surface area (Å²) < 4.78 is 0. The summed E-state index contributed by atoms with van der Waals surface area (Å²) in [5.41, 5.74) is 4.09. The van der Waals surface area contributed by atoms with Crippen molar-refractivity contribution in [2.45, 2.75) is 26.1 Å². The van der Waals surface area contributed by atoms with E-state index < -0.39 is 4.92 Å². The molecule has 0 bridgehead atoms. The van der Waals surface area contributed by atoms with E-state index in [0.717, 1.165) is 18.7 Å². The van der Waals surface area contributed by atoms with Crippen molar-refractivity contribution in [2.24, 2.45) is 0 Å². The fourth-order valence-electron chi connectivity index (χ4n) is 2.84. The molecule has 0 saturated carbocycles. The monoisotopic (exact) mass is 376 g/mol. The molecule has 0 fully saturated rings. The van der Waals surface area contributed by atoms with Gasteiger partial charge in [-0.25, -0.2) is 0 Å². The van der Waals surface area contributed by atoms with E-state index in [-0.39, 0.29) is 30.4 Å². The minimum absolute atomic E-state index is 0. The van der Waals surface area contributed by atoms with Gasteiger partial charge in [-0.1, -0.05) is 30.3 Å². The first-order chi connectivity index (χ1) is 12.1. The molecule has 1 heterocycles. The molecule has 1 amide bonds. The van der Waals surface area contributed by atoms with E-state index >= 15 is 0 Å². The molecule has 0 saturated heterocycles. The maximum absolute atomic E-state index is 12.0. The second kappa shape index (κ2) is 9.17. The molecule has 0 radical (unpaired) electrons. The van der Waals surface area contributed by atoms with Gasteiger partial charge in [0, 0.05) is 38.7 Å². The third kappa shape index (κ3) is 4.93. The Morgan fingerprint density at radius 2 is 1.92 bits per heavy atom. The highest BCUT2D eigenvalue weighted by Crippen LogP contribution is 2.22. The number of fused-ring (bicyclic) bond motifs is 1. The highest BCUT2D eigenvalue weighted by atomic mass is 35.5. The number of rotatable bonds is 7. The Balaban J connectivity index is 0.00000243. The number of nitro groups is 1. The topological polar surface area (TPSA) is 96.3 Å². The largest absolute Gasteiger partial charge is 0.379 e. The zero-order valence-electron chi connectivity index (χ0n) is 14.2. The van der Waals surface area contributed by atoms with Gasteiger partial charge in [-0.15, -0.1) is 12.4 Å². The van der Waals surface area contributed by atoms with Crippen LogP contribution in [0.4, 0.5) is 11.4 Å². The number of amides is 1. The molecule has 0 unspecified atom stereocenters. The Morgan fingerprint density at radius 3 is 2.73 bits per heavy atom. The average Bonchev–Trinajstić information content (AvgIpc) is 3.08. The van der Waals surface area contributed by atoms with Crippen LogP contribution < -0.4 is 16.0 Å². The Hall–Kier alpha value is -2.64. The van der Waals surface area contributed by atoms with E-state index in [1.54, 1.807) is 18.2 Å². The number of carbonyl (C=O) groups is 1. The van der Waals surface area contributed by atoms with Gasteiger partial charge in [0.25, 0.3) is 5.69 Å². The third-order valence-corrected chi connectivity index (χ3v) is 4.16. The van der Waals surface area contributed by atoms with Crippen molar-refractivity contribution in [1.29, 1.82) is 0 Å². The van der Waals surface area contributed by atoms with Crippen molar-refractivity contribution in [3.63, 3.8) is 0 Å². The molecule has 0 spiro atoms. The van der Waals surface area contributed by atoms with Gasteiger partial charge in [-0.3, -0.25) is 14.9 Å². The van der Waals surface area contributed by atoms with Gasteiger partial charge in [-0.2, -0.15) is 0 Å². The number of hydrogen-bond acceptors (Lipinski definition) is 5. The maximum atomic E-state index is 12.0. The van der Waals surface area contributed by atoms with Crippen molar-refractivity contribution < 1.29 is 9.72 Å². The van der Waals surface area contributed by atoms with E-state index in [1.807, 2.05) is 6.07 Å². The second-order valence-electron chi connectivity index (χ2n) is 5.93. The molecule has 3 N–H and O–H groups in total. The molecule has 1 aliphatic rings. The molecule has 7 nitrogen and oxygen atoms in total. The number of nitrogens with zero attached hydrogens (tertiary/aromatic N) is 1. The molecule has 1 aliphatic heterocycles. The van der Waals surface area contributed by atoms with Crippen molar-refractivity contribution >= 4 is 29.7 Å². The zero-order valence-corrected chi connectivity index (χ0v) is 15.0. The smallest absolute Gasteiger partial charge is 0.292 e. The van der Waals surface area contributed by atoms with Crippen LogP contribution >= 0.6 is 12.4 Å². The number of carbonyl (C=O) groups excluding carboxylic acids is 1. The summed E-state index contributed by atoms with van der Waals surface area (Å²) in [4.78, 5) is 22.5. The van der Waals surface area contributed by atoms with Gasteiger partial charge < -0.3 is 16.0 Å².